The van der Waals surface area contributed by atoms with Crippen molar-refractivity contribution in [3.63, 3.8) is 0 Å². The molecule has 0 aliphatic heterocycles. The number of anilines is 2. The third-order valence-electron chi connectivity index (χ3n) is 1.62. The molecule has 12 heavy (non-hydrogen) atoms. The van der Waals surface area contributed by atoms with Gasteiger partial charge in [-0.05, 0) is 0 Å². The van der Waals surface area contributed by atoms with Gasteiger partial charge in [-0.2, -0.15) is 9.31 Å². The number of hydrogen-bond acceptors (Lipinski definition) is 5. The standard InChI is InChI=1S/C5H9N7/c1-8-12-3(6)2-4-9-10-5(7)11(4)12/h2,8H,6H2,1H3,(H2,7,10). The van der Waals surface area contributed by atoms with Crippen LogP contribution in [-0.2, 0) is 0 Å². The van der Waals surface area contributed by atoms with Crippen molar-refractivity contribution in [3.05, 3.63) is 6.07 Å². The number of nitrogens with zero attached hydrogens (tertiary/aromatic N) is 4. The van der Waals surface area contributed by atoms with Gasteiger partial charge in [-0.3, -0.25) is 0 Å². The summed E-state index contributed by atoms with van der Waals surface area (Å²) in [5.41, 5.74) is 14.6. The Kier molecular flexibility index (Phi) is 1.15. The van der Waals surface area contributed by atoms with E-state index in [1.807, 2.05) is 0 Å². The molecule has 0 amide bonds. The van der Waals surface area contributed by atoms with Gasteiger partial charge < -0.3 is 16.9 Å². The van der Waals surface area contributed by atoms with Gasteiger partial charge in [0.1, 0.15) is 5.82 Å². The molecule has 0 bridgehead atoms. The van der Waals surface area contributed by atoms with Crippen molar-refractivity contribution in [2.45, 2.75) is 0 Å². The fourth-order valence-electron chi connectivity index (χ4n) is 1.14. The van der Waals surface area contributed by atoms with Crippen LogP contribution in [0.2, 0.25) is 0 Å². The number of nitrogen functional groups attached to an aromatic ring is 2. The number of aromatic nitrogens is 4. The van der Waals surface area contributed by atoms with E-state index >= 15 is 0 Å². The summed E-state index contributed by atoms with van der Waals surface area (Å²) in [7, 11) is 1.73. The van der Waals surface area contributed by atoms with Crippen LogP contribution in [0, 0.1) is 0 Å². The van der Waals surface area contributed by atoms with Crippen LogP contribution in [0.5, 0.6) is 0 Å². The van der Waals surface area contributed by atoms with E-state index < -0.39 is 0 Å². The van der Waals surface area contributed by atoms with E-state index in [1.165, 1.54) is 0 Å². The Morgan fingerprint density at radius 2 is 2.17 bits per heavy atom. The van der Waals surface area contributed by atoms with Gasteiger partial charge >= 0.3 is 0 Å². The minimum Gasteiger partial charge on any atom is -0.382 e. The molecule has 0 spiro atoms. The minimum atomic E-state index is 0.302. The number of rotatable bonds is 1. The maximum Gasteiger partial charge on any atom is 0.243 e. The fourth-order valence-corrected chi connectivity index (χ4v) is 1.14. The molecular weight excluding hydrogens is 158 g/mol. The molecular formula is C5H9N7. The Labute approximate surface area is 67.9 Å². The SMILES string of the molecule is CNn1c(N)cc2nnc(N)n21. The van der Waals surface area contributed by atoms with E-state index in [2.05, 4.69) is 15.6 Å². The van der Waals surface area contributed by atoms with E-state index in [-0.39, 0.29) is 0 Å². The van der Waals surface area contributed by atoms with Crippen LogP contribution >= 0.6 is 0 Å². The van der Waals surface area contributed by atoms with Gasteiger partial charge in [-0.1, -0.05) is 0 Å². The molecule has 64 valence electrons. The van der Waals surface area contributed by atoms with Crippen LogP contribution in [0.1, 0.15) is 0 Å². The molecule has 0 aliphatic carbocycles. The lowest BCUT2D eigenvalue weighted by Crippen LogP contribution is -2.18. The Hall–Kier alpha value is -1.92. The van der Waals surface area contributed by atoms with Crippen molar-refractivity contribution >= 4 is 17.4 Å². The average molecular weight is 167 g/mol. The number of hydrogen-bond donors (Lipinski definition) is 3. The first-order valence-corrected chi connectivity index (χ1v) is 3.40. The molecule has 0 aromatic carbocycles. The smallest absolute Gasteiger partial charge is 0.243 e. The number of fused-ring (bicyclic) bond motifs is 1. The van der Waals surface area contributed by atoms with Gasteiger partial charge in [0.25, 0.3) is 0 Å². The Morgan fingerprint density at radius 1 is 1.42 bits per heavy atom. The lowest BCUT2D eigenvalue weighted by Gasteiger charge is -2.04. The summed E-state index contributed by atoms with van der Waals surface area (Å²) in [6.45, 7) is 0. The second-order valence-corrected chi connectivity index (χ2v) is 2.33. The van der Waals surface area contributed by atoms with Crippen molar-refractivity contribution < 1.29 is 0 Å². The van der Waals surface area contributed by atoms with Gasteiger partial charge in [0.2, 0.25) is 5.95 Å². The summed E-state index contributed by atoms with van der Waals surface area (Å²) >= 11 is 0. The zero-order chi connectivity index (χ0) is 8.72. The van der Waals surface area contributed by atoms with Crippen molar-refractivity contribution in [3.8, 4) is 0 Å². The molecule has 0 aliphatic rings. The largest absolute Gasteiger partial charge is 0.382 e. The predicted octanol–water partition coefficient (Wildman–Crippen LogP) is -1.13. The maximum absolute atomic E-state index is 5.63. The van der Waals surface area contributed by atoms with E-state index in [0.29, 0.717) is 17.4 Å². The van der Waals surface area contributed by atoms with Crippen molar-refractivity contribution in [1.82, 2.24) is 19.5 Å². The number of nitrogens with two attached hydrogens (primary N) is 2. The predicted molar refractivity (Wildman–Crippen MR) is 45.1 cm³/mol. The quantitative estimate of drug-likeness (QED) is 0.499. The molecule has 2 heterocycles. The lowest BCUT2D eigenvalue weighted by molar-refractivity contribution is 0.736. The van der Waals surface area contributed by atoms with Crippen molar-refractivity contribution in [2.24, 2.45) is 0 Å². The first-order chi connectivity index (χ1) is 5.74. The topological polar surface area (TPSA) is 99.2 Å². The monoisotopic (exact) mass is 167 g/mol. The van der Waals surface area contributed by atoms with Crippen LogP contribution in [0.4, 0.5) is 11.8 Å². The molecule has 5 N–H and O–H groups in total. The molecule has 7 nitrogen and oxygen atoms in total. The first-order valence-electron chi connectivity index (χ1n) is 3.40. The lowest BCUT2D eigenvalue weighted by atomic mass is 10.6. The molecule has 0 fully saturated rings. The van der Waals surface area contributed by atoms with E-state index in [4.69, 9.17) is 11.5 Å². The normalized spacial score (nSPS) is 10.8. The maximum atomic E-state index is 5.63. The highest BCUT2D eigenvalue weighted by molar-refractivity contribution is 5.52. The first kappa shape index (κ1) is 6.77. The van der Waals surface area contributed by atoms with E-state index in [1.54, 1.807) is 22.4 Å². The van der Waals surface area contributed by atoms with Gasteiger partial charge in [0, 0.05) is 13.1 Å². The molecule has 2 aromatic heterocycles. The third-order valence-corrected chi connectivity index (χ3v) is 1.62. The van der Waals surface area contributed by atoms with Crippen LogP contribution in [-0.4, -0.2) is 26.6 Å². The Morgan fingerprint density at radius 3 is 2.83 bits per heavy atom. The second-order valence-electron chi connectivity index (χ2n) is 2.33. The number of nitrogens with one attached hydrogen (secondary N) is 1. The molecule has 0 saturated carbocycles. The summed E-state index contributed by atoms with van der Waals surface area (Å²) in [5, 5.41) is 7.47. The molecule has 7 heteroatoms. The molecule has 0 radical (unpaired) electrons. The van der Waals surface area contributed by atoms with Crippen LogP contribution in [0.3, 0.4) is 0 Å². The van der Waals surface area contributed by atoms with E-state index in [0.717, 1.165) is 0 Å². The summed E-state index contributed by atoms with van der Waals surface area (Å²) < 4.78 is 1.58. The van der Waals surface area contributed by atoms with Crippen LogP contribution in [0.15, 0.2) is 6.07 Å². The molecule has 2 aromatic rings. The van der Waals surface area contributed by atoms with Crippen LogP contribution < -0.4 is 16.9 Å². The van der Waals surface area contributed by atoms with Gasteiger partial charge in [-0.15, -0.1) is 10.2 Å². The van der Waals surface area contributed by atoms with Gasteiger partial charge in [-0.25, -0.2) is 0 Å². The average Bonchev–Trinajstić information content (AvgIpc) is 2.52. The second kappa shape index (κ2) is 2.03. The van der Waals surface area contributed by atoms with Crippen molar-refractivity contribution in [2.75, 3.05) is 23.9 Å². The summed E-state index contributed by atoms with van der Waals surface area (Å²) in [5.74, 6) is 0.838. The molecule has 0 atom stereocenters. The van der Waals surface area contributed by atoms with Gasteiger partial charge in [0.15, 0.2) is 5.65 Å². The zero-order valence-corrected chi connectivity index (χ0v) is 6.52. The van der Waals surface area contributed by atoms with Crippen molar-refractivity contribution in [1.29, 1.82) is 0 Å². The summed E-state index contributed by atoms with van der Waals surface area (Å²) in [4.78, 5) is 1.56. The zero-order valence-electron chi connectivity index (χ0n) is 6.52. The highest BCUT2D eigenvalue weighted by Gasteiger charge is 2.09. The highest BCUT2D eigenvalue weighted by Crippen LogP contribution is 2.10. The van der Waals surface area contributed by atoms with E-state index in [9.17, 15) is 0 Å². The minimum absolute atomic E-state index is 0.302. The highest BCUT2D eigenvalue weighted by atomic mass is 15.6. The van der Waals surface area contributed by atoms with Gasteiger partial charge in [0.05, 0.1) is 0 Å². The molecule has 2 rings (SSSR count). The molecule has 0 unspecified atom stereocenters. The fraction of sp³-hybridized carbons (Fsp3) is 0.200. The summed E-state index contributed by atoms with van der Waals surface area (Å²) in [6.07, 6.45) is 0. The Bertz CT molecular complexity index is 411. The third kappa shape index (κ3) is 0.644. The Balaban J connectivity index is 2.84. The molecule has 0 saturated heterocycles. The van der Waals surface area contributed by atoms with Crippen LogP contribution in [0.25, 0.3) is 5.65 Å². The summed E-state index contributed by atoms with van der Waals surface area (Å²) in [6, 6.07) is 1.68.